The number of aryl methyl sites for hydroxylation is 2. The lowest BCUT2D eigenvalue weighted by Crippen LogP contribution is -2.39. The fraction of sp³-hybridized carbons (Fsp3) is 0.269. The Kier molecular flexibility index (Phi) is 7.82. The molecule has 204 valence electrons. The first-order chi connectivity index (χ1) is 18.4. The highest BCUT2D eigenvalue weighted by Gasteiger charge is 2.64. The molecule has 3 N–H and O–H groups in total. The molecule has 0 saturated heterocycles. The highest BCUT2D eigenvalue weighted by atomic mass is 32.2. The van der Waals surface area contributed by atoms with Crippen molar-refractivity contribution in [1.29, 1.82) is 4.78 Å². The first kappa shape index (κ1) is 27.9. The molecule has 39 heavy (non-hydrogen) atoms. The van der Waals surface area contributed by atoms with E-state index < -0.39 is 22.2 Å². The van der Waals surface area contributed by atoms with Crippen molar-refractivity contribution in [3.63, 3.8) is 0 Å². The van der Waals surface area contributed by atoms with Crippen molar-refractivity contribution >= 4 is 33.3 Å². The van der Waals surface area contributed by atoms with Crippen LogP contribution >= 0.6 is 0 Å². The zero-order valence-electron chi connectivity index (χ0n) is 20.9. The molecule has 2 heterocycles. The average molecular weight is 561 g/mol. The van der Waals surface area contributed by atoms with E-state index >= 15 is 0 Å². The van der Waals surface area contributed by atoms with Gasteiger partial charge in [-0.25, -0.2) is 14.4 Å². The monoisotopic (exact) mass is 560 g/mol. The second-order valence-electron chi connectivity index (χ2n) is 9.18. The van der Waals surface area contributed by atoms with Crippen molar-refractivity contribution in [2.75, 3.05) is 10.6 Å². The van der Waals surface area contributed by atoms with Crippen LogP contribution in [0.5, 0.6) is 0 Å². The summed E-state index contributed by atoms with van der Waals surface area (Å²) in [5.74, 6) is -0.176. The van der Waals surface area contributed by atoms with Gasteiger partial charge in [-0.1, -0.05) is 18.2 Å². The highest BCUT2D eigenvalue weighted by molar-refractivity contribution is 7.60. The Balaban J connectivity index is 0.000000826. The molecule has 1 fully saturated rings. The molecule has 1 aliphatic rings. The summed E-state index contributed by atoms with van der Waals surface area (Å²) < 4.78 is 77.4. The fourth-order valence-corrected chi connectivity index (χ4v) is 3.89. The first-order valence-corrected chi connectivity index (χ1v) is 12.8. The maximum Gasteiger partial charge on any atom is 0.411 e. The van der Waals surface area contributed by atoms with Crippen molar-refractivity contribution in [3.8, 4) is 11.3 Å². The number of nitrogens with zero attached hydrogens (tertiary/aromatic N) is 3. The van der Waals surface area contributed by atoms with Crippen molar-refractivity contribution in [1.82, 2.24) is 15.0 Å². The number of halogens is 4. The third-order valence-corrected chi connectivity index (χ3v) is 6.35. The van der Waals surface area contributed by atoms with Gasteiger partial charge in [0.15, 0.2) is 5.82 Å². The summed E-state index contributed by atoms with van der Waals surface area (Å²) >= 11 is 0. The van der Waals surface area contributed by atoms with Crippen LogP contribution in [0, 0.1) is 24.4 Å². The number of hydrogen-bond donors (Lipinski definition) is 3. The zero-order valence-corrected chi connectivity index (χ0v) is 21.7. The van der Waals surface area contributed by atoms with Crippen LogP contribution in [0.25, 0.3) is 22.3 Å². The lowest BCUT2D eigenvalue weighted by molar-refractivity contribution is -0.151. The smallest absolute Gasteiger partial charge is 0.354 e. The maximum atomic E-state index is 13.7. The van der Waals surface area contributed by atoms with Gasteiger partial charge in [0, 0.05) is 12.1 Å². The average Bonchev–Trinajstić information content (AvgIpc) is 3.66. The Labute approximate surface area is 223 Å². The summed E-state index contributed by atoms with van der Waals surface area (Å²) in [6.45, 7) is 4.46. The van der Waals surface area contributed by atoms with E-state index in [1.807, 2.05) is 32.0 Å². The number of anilines is 2. The molecule has 4 aromatic rings. The van der Waals surface area contributed by atoms with Crippen molar-refractivity contribution in [2.45, 2.75) is 44.9 Å². The first-order valence-electron chi connectivity index (χ1n) is 11.8. The summed E-state index contributed by atoms with van der Waals surface area (Å²) in [5.41, 5.74) is 3.03. The summed E-state index contributed by atoms with van der Waals surface area (Å²) in [6, 6.07) is 15.2. The third-order valence-electron chi connectivity index (χ3n) is 6.35. The van der Waals surface area contributed by atoms with Crippen LogP contribution in [-0.2, 0) is 17.0 Å². The van der Waals surface area contributed by atoms with E-state index in [1.165, 1.54) is 17.7 Å². The van der Waals surface area contributed by atoms with E-state index in [1.54, 1.807) is 24.3 Å². The van der Waals surface area contributed by atoms with Gasteiger partial charge in [-0.3, -0.25) is 0 Å². The minimum absolute atomic E-state index is 0.0105. The molecule has 1 aliphatic carbocycles. The van der Waals surface area contributed by atoms with E-state index in [2.05, 4.69) is 25.6 Å². The summed E-state index contributed by atoms with van der Waals surface area (Å²) in [6.07, 6.45) is -4.50. The standard InChI is InChI=1S/C26H23F4N5.HNO2S/c1-15-3-4-17(13-16(15)2)14-31-24-33-21-10-9-20(18-5-7-19(27)8-6-18)32-22(21)23(34-24)35-25(11-12-25)26(28,29)30;1-4(2)3/h3-10,13H,11-12,14H2,1-2H3,(H2,31,33,34,35);1H. The van der Waals surface area contributed by atoms with Gasteiger partial charge in [0.2, 0.25) is 5.95 Å². The molecular weight excluding hydrogens is 536 g/mol. The van der Waals surface area contributed by atoms with Crippen molar-refractivity contribution in [3.05, 3.63) is 77.1 Å². The van der Waals surface area contributed by atoms with E-state index in [-0.39, 0.29) is 35.9 Å². The lowest BCUT2D eigenvalue weighted by atomic mass is 10.1. The van der Waals surface area contributed by atoms with E-state index in [4.69, 9.17) is 13.2 Å². The SMILES string of the molecule is Cc1ccc(CNc2nc(NC3(C(F)(F)F)CC3)c3nc(-c4ccc(F)cc4)ccc3n2)cc1C.N=S(=O)=O. The van der Waals surface area contributed by atoms with Crippen LogP contribution in [0.3, 0.4) is 0 Å². The van der Waals surface area contributed by atoms with Gasteiger partial charge in [-0.15, -0.1) is 0 Å². The molecule has 2 aromatic carbocycles. The zero-order chi connectivity index (χ0) is 28.4. The molecule has 0 radical (unpaired) electrons. The van der Waals surface area contributed by atoms with Crippen molar-refractivity contribution < 1.29 is 26.0 Å². The predicted octanol–water partition coefficient (Wildman–Crippen LogP) is 6.19. The van der Waals surface area contributed by atoms with Crippen LogP contribution in [0.4, 0.5) is 29.3 Å². The fourth-order valence-electron chi connectivity index (χ4n) is 3.89. The number of aromatic nitrogens is 3. The molecule has 0 bridgehead atoms. The number of benzene rings is 2. The minimum atomic E-state index is -4.42. The topological polar surface area (TPSA) is 121 Å². The molecule has 8 nitrogen and oxygen atoms in total. The predicted molar refractivity (Wildman–Crippen MR) is 139 cm³/mol. The Morgan fingerprint density at radius 1 is 0.949 bits per heavy atom. The largest absolute Gasteiger partial charge is 0.411 e. The van der Waals surface area contributed by atoms with Gasteiger partial charge >= 0.3 is 16.7 Å². The number of rotatable bonds is 6. The Bertz CT molecular complexity index is 1620. The van der Waals surface area contributed by atoms with Gasteiger partial charge in [-0.05, 0) is 79.8 Å². The normalized spacial score (nSPS) is 13.8. The summed E-state index contributed by atoms with van der Waals surface area (Å²) in [4.78, 5) is 13.4. The molecule has 0 amide bonds. The molecule has 5 rings (SSSR count). The van der Waals surface area contributed by atoms with E-state index in [0.717, 1.165) is 11.1 Å². The summed E-state index contributed by atoms with van der Waals surface area (Å²) in [7, 11) is -2.61. The quantitative estimate of drug-likeness (QED) is 0.240. The molecule has 2 aromatic heterocycles. The second-order valence-corrected chi connectivity index (χ2v) is 9.65. The molecule has 1 saturated carbocycles. The van der Waals surface area contributed by atoms with Crippen LogP contribution in [0.15, 0.2) is 54.6 Å². The van der Waals surface area contributed by atoms with E-state index in [9.17, 15) is 17.6 Å². The summed E-state index contributed by atoms with van der Waals surface area (Å²) in [5, 5.41) is 5.74. The molecule has 0 aliphatic heterocycles. The second kappa shape index (κ2) is 10.9. The number of hydrogen-bond acceptors (Lipinski definition) is 8. The molecule has 0 atom stereocenters. The number of fused-ring (bicyclic) bond motifs is 1. The Morgan fingerprint density at radius 3 is 2.21 bits per heavy atom. The van der Waals surface area contributed by atoms with Crippen LogP contribution in [0.1, 0.15) is 29.5 Å². The minimum Gasteiger partial charge on any atom is -0.354 e. The van der Waals surface area contributed by atoms with Crippen LogP contribution < -0.4 is 10.6 Å². The van der Waals surface area contributed by atoms with E-state index in [0.29, 0.717) is 23.3 Å². The highest BCUT2D eigenvalue weighted by Crippen LogP contribution is 2.51. The van der Waals surface area contributed by atoms with Crippen LogP contribution in [-0.4, -0.2) is 35.1 Å². The number of nitrogens with one attached hydrogen (secondary N) is 3. The van der Waals surface area contributed by atoms with Gasteiger partial charge in [0.05, 0.1) is 11.2 Å². The third kappa shape index (κ3) is 6.66. The maximum absolute atomic E-state index is 13.7. The number of pyridine rings is 1. The van der Waals surface area contributed by atoms with Gasteiger partial charge in [0.1, 0.15) is 16.9 Å². The Hall–Kier alpha value is -4.13. The van der Waals surface area contributed by atoms with Crippen LogP contribution in [0.2, 0.25) is 0 Å². The van der Waals surface area contributed by atoms with Gasteiger partial charge in [0.25, 0.3) is 0 Å². The van der Waals surface area contributed by atoms with Gasteiger partial charge < -0.3 is 10.6 Å². The Morgan fingerprint density at radius 2 is 1.62 bits per heavy atom. The molecule has 0 spiro atoms. The lowest BCUT2D eigenvalue weighted by Gasteiger charge is -2.22. The van der Waals surface area contributed by atoms with Crippen molar-refractivity contribution in [2.24, 2.45) is 0 Å². The van der Waals surface area contributed by atoms with Gasteiger partial charge in [-0.2, -0.15) is 31.4 Å². The number of alkyl halides is 3. The molecule has 0 unspecified atom stereocenters. The molecule has 13 heteroatoms. The molecular formula is C26H24F4N6O2S.